The second-order valence-electron chi connectivity index (χ2n) is 3.06. The average molecular weight is 270 g/mol. The summed E-state index contributed by atoms with van der Waals surface area (Å²) < 4.78 is 32.5. The molecule has 1 heterocycles. The van der Waals surface area contributed by atoms with Gasteiger partial charge in [-0.05, 0) is 0 Å². The average Bonchev–Trinajstić information content (AvgIpc) is 2.28. The molecule has 2 unspecified atom stereocenters. The van der Waals surface area contributed by atoms with Crippen molar-refractivity contribution in [3.63, 3.8) is 0 Å². The van der Waals surface area contributed by atoms with E-state index in [2.05, 4.69) is 6.92 Å². The molecule has 1 rings (SSSR count). The summed E-state index contributed by atoms with van der Waals surface area (Å²) in [5.74, 6) is 0. The summed E-state index contributed by atoms with van der Waals surface area (Å²) in [5, 5.41) is 0. The monoisotopic (exact) mass is 270 g/mol. The van der Waals surface area contributed by atoms with Gasteiger partial charge in [-0.2, -0.15) is 0 Å². The molecule has 15 heavy (non-hydrogen) atoms. The maximum atomic E-state index is 5.69. The van der Waals surface area contributed by atoms with Crippen LogP contribution in [0.5, 0.6) is 0 Å². The van der Waals surface area contributed by atoms with Crippen molar-refractivity contribution >= 4 is 27.9 Å². The first-order valence-corrected chi connectivity index (χ1v) is 9.57. The summed E-state index contributed by atoms with van der Waals surface area (Å²) in [5.41, 5.74) is 0. The molecule has 0 spiro atoms. The predicted octanol–water partition coefficient (Wildman–Crippen LogP) is -0.228. The van der Waals surface area contributed by atoms with Crippen LogP contribution in [0.25, 0.3) is 0 Å². The van der Waals surface area contributed by atoms with E-state index < -0.39 is 27.9 Å². The molecule has 0 N–H and O–H groups in total. The summed E-state index contributed by atoms with van der Waals surface area (Å²) in [7, 11) is -2.04. The van der Waals surface area contributed by atoms with Gasteiger partial charge in [0.2, 0.25) is 0 Å². The fourth-order valence-corrected chi connectivity index (χ4v) is 10.7. The van der Waals surface area contributed by atoms with Crippen molar-refractivity contribution in [3.05, 3.63) is 0 Å². The summed E-state index contributed by atoms with van der Waals surface area (Å²) in [4.78, 5) is 0. The van der Waals surface area contributed by atoms with E-state index in [1.54, 1.807) is 21.3 Å². The number of rotatable bonds is 5. The largest absolute Gasteiger partial charge is 0.485 e. The second kappa shape index (κ2) is 6.22. The molecule has 1 fully saturated rings. The summed E-state index contributed by atoms with van der Waals surface area (Å²) in [6, 6.07) is 0.770. The molecule has 1 aliphatic rings. The van der Waals surface area contributed by atoms with Crippen LogP contribution in [0.3, 0.4) is 0 Å². The van der Waals surface area contributed by atoms with E-state index >= 15 is 0 Å². The van der Waals surface area contributed by atoms with Gasteiger partial charge in [0.25, 0.3) is 0 Å². The van der Waals surface area contributed by atoms with Gasteiger partial charge in [-0.25, -0.2) is 0 Å². The Morgan fingerprint density at radius 2 is 1.60 bits per heavy atom. The van der Waals surface area contributed by atoms with Crippen molar-refractivity contribution in [2.75, 3.05) is 21.3 Å². The molecular formula is C6H18O6Si3. The van der Waals surface area contributed by atoms with Crippen LogP contribution in [-0.4, -0.2) is 49.2 Å². The van der Waals surface area contributed by atoms with E-state index in [-0.39, 0.29) is 0 Å². The zero-order valence-electron chi connectivity index (χ0n) is 9.52. The van der Waals surface area contributed by atoms with E-state index in [1.807, 2.05) is 0 Å². The van der Waals surface area contributed by atoms with Crippen molar-refractivity contribution in [1.29, 1.82) is 0 Å². The standard InChI is InChI=1S/C6H18O6Si3/c1-5-6-15(9-4)11-13(7-2)10-14(8-3)12-15/h13-14H,5-6H2,1-4H3. The second-order valence-corrected chi connectivity index (χ2v) is 10.4. The minimum absolute atomic E-state index is 0.770. The van der Waals surface area contributed by atoms with E-state index in [0.29, 0.717) is 0 Å². The van der Waals surface area contributed by atoms with Crippen LogP contribution in [0, 0.1) is 0 Å². The Labute approximate surface area is 94.7 Å². The summed E-state index contributed by atoms with van der Waals surface area (Å²) >= 11 is 0. The van der Waals surface area contributed by atoms with Crippen molar-refractivity contribution in [2.24, 2.45) is 0 Å². The minimum atomic E-state index is -2.58. The van der Waals surface area contributed by atoms with Crippen LogP contribution in [0.1, 0.15) is 13.3 Å². The molecule has 0 aromatic rings. The summed E-state index contributed by atoms with van der Waals surface area (Å²) in [6.07, 6.45) is 0.940. The smallest absolute Gasteiger partial charge is 0.380 e. The molecule has 1 aliphatic heterocycles. The number of hydrogen-bond donors (Lipinski definition) is 0. The van der Waals surface area contributed by atoms with E-state index in [1.165, 1.54) is 0 Å². The lowest BCUT2D eigenvalue weighted by molar-refractivity contribution is 0.0739. The Kier molecular flexibility index (Phi) is 5.59. The molecule has 90 valence electrons. The Hall–Kier alpha value is 0.411. The molecule has 0 amide bonds. The molecule has 0 aromatic heterocycles. The zero-order chi connectivity index (χ0) is 11.3. The fourth-order valence-electron chi connectivity index (χ4n) is 1.30. The molecule has 1 saturated heterocycles. The lowest BCUT2D eigenvalue weighted by atomic mass is 10.6. The molecule has 6 nitrogen and oxygen atoms in total. The number of hydrogen-bond acceptors (Lipinski definition) is 6. The highest BCUT2D eigenvalue weighted by Gasteiger charge is 2.51. The maximum Gasteiger partial charge on any atom is 0.485 e. The van der Waals surface area contributed by atoms with Crippen molar-refractivity contribution < 1.29 is 25.6 Å². The molecule has 0 bridgehead atoms. The first-order valence-electron chi connectivity index (χ1n) is 4.81. The van der Waals surface area contributed by atoms with Gasteiger partial charge in [0.05, 0.1) is 0 Å². The molecular weight excluding hydrogens is 252 g/mol. The lowest BCUT2D eigenvalue weighted by Gasteiger charge is -2.38. The predicted molar refractivity (Wildman–Crippen MR) is 59.4 cm³/mol. The molecule has 0 saturated carbocycles. The first-order chi connectivity index (χ1) is 7.19. The van der Waals surface area contributed by atoms with Crippen LogP contribution >= 0.6 is 0 Å². The van der Waals surface area contributed by atoms with Crippen LogP contribution in [0.4, 0.5) is 0 Å². The third-order valence-corrected chi connectivity index (χ3v) is 10.7. The highest BCUT2D eigenvalue weighted by Crippen LogP contribution is 2.24. The van der Waals surface area contributed by atoms with Gasteiger partial charge < -0.3 is 25.6 Å². The van der Waals surface area contributed by atoms with Gasteiger partial charge in [-0.3, -0.25) is 0 Å². The van der Waals surface area contributed by atoms with Crippen LogP contribution in [0.15, 0.2) is 0 Å². The third-order valence-electron chi connectivity index (χ3n) is 2.03. The fraction of sp³-hybridized carbons (Fsp3) is 1.00. The quantitative estimate of drug-likeness (QED) is 0.644. The van der Waals surface area contributed by atoms with Gasteiger partial charge in [-0.1, -0.05) is 13.3 Å². The zero-order valence-corrected chi connectivity index (χ0v) is 12.8. The van der Waals surface area contributed by atoms with Crippen molar-refractivity contribution in [2.45, 2.75) is 19.4 Å². The Morgan fingerprint density at radius 3 is 1.93 bits per heavy atom. The Bertz CT molecular complexity index is 182. The topological polar surface area (TPSA) is 55.4 Å². The minimum Gasteiger partial charge on any atom is -0.380 e. The molecule has 2 atom stereocenters. The highest BCUT2D eigenvalue weighted by atomic mass is 28.5. The van der Waals surface area contributed by atoms with Gasteiger partial charge in [0.15, 0.2) is 0 Å². The maximum absolute atomic E-state index is 5.69. The SMILES string of the molecule is CCC[Si]1(OC)O[SiH](OC)O[SiH](OC)O1. The highest BCUT2D eigenvalue weighted by molar-refractivity contribution is 6.77. The molecule has 0 aromatic carbocycles. The summed E-state index contributed by atoms with van der Waals surface area (Å²) in [6.45, 7) is 2.06. The normalized spacial score (nSPS) is 36.8. The van der Waals surface area contributed by atoms with Crippen molar-refractivity contribution in [3.8, 4) is 0 Å². The van der Waals surface area contributed by atoms with Gasteiger partial charge in [0.1, 0.15) is 0 Å². The van der Waals surface area contributed by atoms with E-state index in [9.17, 15) is 0 Å². The van der Waals surface area contributed by atoms with Crippen LogP contribution in [0.2, 0.25) is 6.04 Å². The molecule has 9 heteroatoms. The van der Waals surface area contributed by atoms with Crippen molar-refractivity contribution in [1.82, 2.24) is 0 Å². The lowest BCUT2D eigenvalue weighted by Crippen LogP contribution is -2.60. The Balaban J connectivity index is 2.68. The Morgan fingerprint density at radius 1 is 1.07 bits per heavy atom. The van der Waals surface area contributed by atoms with Gasteiger partial charge in [0, 0.05) is 27.4 Å². The third kappa shape index (κ3) is 3.44. The first kappa shape index (κ1) is 13.5. The van der Waals surface area contributed by atoms with Crippen LogP contribution < -0.4 is 0 Å². The van der Waals surface area contributed by atoms with E-state index in [0.717, 1.165) is 12.5 Å². The molecule has 0 aliphatic carbocycles. The van der Waals surface area contributed by atoms with Gasteiger partial charge >= 0.3 is 27.9 Å². The molecule has 0 radical (unpaired) electrons. The van der Waals surface area contributed by atoms with Crippen LogP contribution in [-0.2, 0) is 25.6 Å². The van der Waals surface area contributed by atoms with Gasteiger partial charge in [-0.15, -0.1) is 0 Å². The van der Waals surface area contributed by atoms with E-state index in [4.69, 9.17) is 25.6 Å².